The molecular formula is C10H17NS. The summed E-state index contributed by atoms with van der Waals surface area (Å²) in [4.78, 5) is 1.44. The molecule has 0 fully saturated rings. The summed E-state index contributed by atoms with van der Waals surface area (Å²) in [6.45, 7) is 4.27. The van der Waals surface area contributed by atoms with Gasteiger partial charge >= 0.3 is 0 Å². The molecule has 0 aliphatic heterocycles. The number of nitrogens with two attached hydrogens (primary N) is 1. The fourth-order valence-corrected chi connectivity index (χ4v) is 1.75. The first-order chi connectivity index (χ1) is 5.64. The highest BCUT2D eigenvalue weighted by Crippen LogP contribution is 2.17. The van der Waals surface area contributed by atoms with Gasteiger partial charge in [-0.3, -0.25) is 0 Å². The minimum absolute atomic E-state index is 0.0178. The van der Waals surface area contributed by atoms with E-state index in [1.807, 2.05) is 11.3 Å². The van der Waals surface area contributed by atoms with E-state index in [-0.39, 0.29) is 5.54 Å². The van der Waals surface area contributed by atoms with Crippen molar-refractivity contribution < 1.29 is 0 Å². The Morgan fingerprint density at radius 1 is 1.58 bits per heavy atom. The zero-order valence-electron chi connectivity index (χ0n) is 7.84. The Morgan fingerprint density at radius 3 is 2.83 bits per heavy atom. The summed E-state index contributed by atoms with van der Waals surface area (Å²) in [5, 5.41) is 2.12. The molecule has 0 bridgehead atoms. The molecule has 68 valence electrons. The maximum Gasteiger partial charge on any atom is 0.0126 e. The van der Waals surface area contributed by atoms with Gasteiger partial charge in [-0.25, -0.2) is 0 Å². The van der Waals surface area contributed by atoms with Crippen LogP contribution >= 0.6 is 11.3 Å². The fraction of sp³-hybridized carbons (Fsp3) is 0.600. The smallest absolute Gasteiger partial charge is 0.0126 e. The van der Waals surface area contributed by atoms with Crippen molar-refractivity contribution in [2.75, 3.05) is 0 Å². The Morgan fingerprint density at radius 2 is 2.33 bits per heavy atom. The third-order valence-electron chi connectivity index (χ3n) is 2.33. The molecule has 1 heterocycles. The van der Waals surface area contributed by atoms with Crippen molar-refractivity contribution in [3.05, 3.63) is 22.4 Å². The van der Waals surface area contributed by atoms with Gasteiger partial charge in [-0.05, 0) is 37.6 Å². The first kappa shape index (κ1) is 9.75. The van der Waals surface area contributed by atoms with Crippen LogP contribution in [0.1, 0.15) is 31.6 Å². The van der Waals surface area contributed by atoms with Crippen LogP contribution < -0.4 is 5.73 Å². The molecule has 0 saturated heterocycles. The Balaban J connectivity index is 2.36. The Bertz CT molecular complexity index is 214. The van der Waals surface area contributed by atoms with Crippen LogP contribution in [0.3, 0.4) is 0 Å². The van der Waals surface area contributed by atoms with Crippen LogP contribution in [0, 0.1) is 0 Å². The van der Waals surface area contributed by atoms with Crippen LogP contribution in [-0.2, 0) is 6.42 Å². The molecule has 1 rings (SSSR count). The molecule has 12 heavy (non-hydrogen) atoms. The predicted octanol–water partition coefficient (Wildman–Crippen LogP) is 2.81. The fourth-order valence-electron chi connectivity index (χ4n) is 1.04. The Hall–Kier alpha value is -0.340. The van der Waals surface area contributed by atoms with Gasteiger partial charge in [0.05, 0.1) is 0 Å². The summed E-state index contributed by atoms with van der Waals surface area (Å²) < 4.78 is 0. The standard InChI is InChI=1S/C10H17NS/c1-3-10(2,11)7-6-9-5-4-8-12-9/h4-5,8H,3,6-7,11H2,1-2H3. The summed E-state index contributed by atoms with van der Waals surface area (Å²) in [5.41, 5.74) is 6.06. The molecule has 0 radical (unpaired) electrons. The van der Waals surface area contributed by atoms with Gasteiger partial charge in [-0.2, -0.15) is 0 Å². The van der Waals surface area contributed by atoms with Gasteiger partial charge in [-0.15, -0.1) is 11.3 Å². The lowest BCUT2D eigenvalue weighted by molar-refractivity contribution is 0.420. The van der Waals surface area contributed by atoms with E-state index >= 15 is 0 Å². The number of hydrogen-bond donors (Lipinski definition) is 1. The Labute approximate surface area is 78.6 Å². The van der Waals surface area contributed by atoms with Gasteiger partial charge in [0.25, 0.3) is 0 Å². The minimum atomic E-state index is 0.0178. The summed E-state index contributed by atoms with van der Waals surface area (Å²) in [5.74, 6) is 0. The van der Waals surface area contributed by atoms with Crippen molar-refractivity contribution in [1.82, 2.24) is 0 Å². The average Bonchev–Trinajstić information content (AvgIpc) is 2.53. The van der Waals surface area contributed by atoms with Gasteiger partial charge in [0.15, 0.2) is 0 Å². The van der Waals surface area contributed by atoms with Gasteiger partial charge in [0, 0.05) is 10.4 Å². The second-order valence-electron chi connectivity index (χ2n) is 3.59. The maximum atomic E-state index is 6.04. The molecule has 0 aliphatic carbocycles. The van der Waals surface area contributed by atoms with E-state index in [1.165, 1.54) is 4.88 Å². The van der Waals surface area contributed by atoms with Crippen LogP contribution in [0.25, 0.3) is 0 Å². The molecule has 0 amide bonds. The lowest BCUT2D eigenvalue weighted by atomic mass is 9.94. The summed E-state index contributed by atoms with van der Waals surface area (Å²) in [7, 11) is 0. The lowest BCUT2D eigenvalue weighted by Gasteiger charge is -2.21. The number of aryl methyl sites for hydroxylation is 1. The molecule has 1 nitrogen and oxygen atoms in total. The molecule has 1 unspecified atom stereocenters. The SMILES string of the molecule is CCC(C)(N)CCc1cccs1. The van der Waals surface area contributed by atoms with E-state index in [0.717, 1.165) is 19.3 Å². The minimum Gasteiger partial charge on any atom is -0.325 e. The van der Waals surface area contributed by atoms with Crippen LogP contribution in [-0.4, -0.2) is 5.54 Å². The first-order valence-electron chi connectivity index (χ1n) is 4.45. The summed E-state index contributed by atoms with van der Waals surface area (Å²) in [6, 6.07) is 4.27. The average molecular weight is 183 g/mol. The van der Waals surface area contributed by atoms with Gasteiger partial charge in [-0.1, -0.05) is 13.0 Å². The highest BCUT2D eigenvalue weighted by molar-refractivity contribution is 7.09. The quantitative estimate of drug-likeness (QED) is 0.763. The topological polar surface area (TPSA) is 26.0 Å². The number of rotatable bonds is 4. The summed E-state index contributed by atoms with van der Waals surface area (Å²) >= 11 is 1.82. The highest BCUT2D eigenvalue weighted by atomic mass is 32.1. The van der Waals surface area contributed by atoms with Gasteiger partial charge in [0.1, 0.15) is 0 Å². The number of hydrogen-bond acceptors (Lipinski definition) is 2. The van der Waals surface area contributed by atoms with E-state index in [2.05, 4.69) is 31.4 Å². The van der Waals surface area contributed by atoms with Crippen molar-refractivity contribution >= 4 is 11.3 Å². The Kier molecular flexibility index (Phi) is 3.29. The van der Waals surface area contributed by atoms with Crippen LogP contribution in [0.2, 0.25) is 0 Å². The molecule has 2 N–H and O–H groups in total. The highest BCUT2D eigenvalue weighted by Gasteiger charge is 2.14. The lowest BCUT2D eigenvalue weighted by Crippen LogP contribution is -2.35. The summed E-state index contributed by atoms with van der Waals surface area (Å²) in [6.07, 6.45) is 3.26. The second-order valence-corrected chi connectivity index (χ2v) is 4.62. The molecule has 0 aliphatic rings. The zero-order chi connectivity index (χ0) is 9.03. The van der Waals surface area contributed by atoms with Crippen LogP contribution in [0.5, 0.6) is 0 Å². The van der Waals surface area contributed by atoms with Crippen molar-refractivity contribution in [2.24, 2.45) is 5.73 Å². The number of thiophene rings is 1. The van der Waals surface area contributed by atoms with E-state index < -0.39 is 0 Å². The largest absolute Gasteiger partial charge is 0.325 e. The molecule has 0 aromatic carbocycles. The third kappa shape index (κ3) is 2.95. The van der Waals surface area contributed by atoms with Gasteiger partial charge in [0.2, 0.25) is 0 Å². The molecule has 1 atom stereocenters. The monoisotopic (exact) mass is 183 g/mol. The molecule has 2 heteroatoms. The van der Waals surface area contributed by atoms with Crippen molar-refractivity contribution in [2.45, 2.75) is 38.6 Å². The zero-order valence-corrected chi connectivity index (χ0v) is 8.66. The predicted molar refractivity (Wildman–Crippen MR) is 55.5 cm³/mol. The molecular weight excluding hydrogens is 166 g/mol. The van der Waals surface area contributed by atoms with Gasteiger partial charge < -0.3 is 5.73 Å². The van der Waals surface area contributed by atoms with E-state index in [1.54, 1.807) is 0 Å². The van der Waals surface area contributed by atoms with Crippen LogP contribution in [0.4, 0.5) is 0 Å². The van der Waals surface area contributed by atoms with Crippen molar-refractivity contribution in [3.63, 3.8) is 0 Å². The van der Waals surface area contributed by atoms with E-state index in [9.17, 15) is 0 Å². The maximum absolute atomic E-state index is 6.04. The second kappa shape index (κ2) is 4.06. The molecule has 1 aromatic rings. The molecule has 0 saturated carbocycles. The van der Waals surface area contributed by atoms with Crippen molar-refractivity contribution in [1.29, 1.82) is 0 Å². The van der Waals surface area contributed by atoms with E-state index in [0.29, 0.717) is 0 Å². The normalized spacial score (nSPS) is 15.9. The third-order valence-corrected chi connectivity index (χ3v) is 3.27. The molecule has 0 spiro atoms. The van der Waals surface area contributed by atoms with Crippen LogP contribution in [0.15, 0.2) is 17.5 Å². The van der Waals surface area contributed by atoms with Crippen molar-refractivity contribution in [3.8, 4) is 0 Å². The molecule has 1 aromatic heterocycles. The first-order valence-corrected chi connectivity index (χ1v) is 5.33. The van der Waals surface area contributed by atoms with E-state index in [4.69, 9.17) is 5.73 Å².